The van der Waals surface area contributed by atoms with Gasteiger partial charge in [-0.05, 0) is 0 Å². The van der Waals surface area contributed by atoms with Gasteiger partial charge in [-0.25, -0.2) is 0 Å². The molecule has 0 saturated carbocycles. The van der Waals surface area contributed by atoms with Crippen molar-refractivity contribution >= 4 is 21.9 Å². The Bertz CT molecular complexity index is 362. The van der Waals surface area contributed by atoms with E-state index in [0.717, 1.165) is 0 Å². The molecule has 7 nitrogen and oxygen atoms in total. The van der Waals surface area contributed by atoms with Gasteiger partial charge in [-0.15, -0.1) is 6.58 Å². The Morgan fingerprint density at radius 1 is 1.53 bits per heavy atom. The predicted octanol–water partition coefficient (Wildman–Crippen LogP) is -1.58. The van der Waals surface area contributed by atoms with Gasteiger partial charge in [0.05, 0.1) is 6.42 Å². The number of carbonyl (C=O) groups excluding carboxylic acids is 2. The van der Waals surface area contributed by atoms with E-state index >= 15 is 0 Å². The smallest absolute Gasteiger partial charge is 0.277 e. The average Bonchev–Trinajstić information content (AvgIpc) is 2.08. The van der Waals surface area contributed by atoms with Crippen LogP contribution in [0.3, 0.4) is 0 Å². The molecule has 2 amide bonds. The zero-order valence-corrected chi connectivity index (χ0v) is 8.66. The molecule has 15 heavy (non-hydrogen) atoms. The first-order chi connectivity index (χ1) is 6.79. The van der Waals surface area contributed by atoms with Crippen LogP contribution in [-0.4, -0.2) is 36.6 Å². The summed E-state index contributed by atoms with van der Waals surface area (Å²) in [6, 6.07) is 0. The topological polar surface area (TPSA) is 127 Å². The summed E-state index contributed by atoms with van der Waals surface area (Å²) in [4.78, 5) is 21.7. The Labute approximate surface area is 87.1 Å². The number of rotatable bonds is 6. The molecule has 0 aromatic carbocycles. The Morgan fingerprint density at radius 2 is 2.07 bits per heavy atom. The normalized spacial score (nSPS) is 12.9. The minimum Gasteiger partial charge on any atom is -0.368 e. The van der Waals surface area contributed by atoms with Gasteiger partial charge >= 0.3 is 0 Å². The zero-order chi connectivity index (χ0) is 12.1. The summed E-state index contributed by atoms with van der Waals surface area (Å²) in [7, 11) is -4.65. The van der Waals surface area contributed by atoms with Gasteiger partial charge in [0.2, 0.25) is 11.8 Å². The highest BCUT2D eigenvalue weighted by Crippen LogP contribution is 2.03. The third-order valence-electron chi connectivity index (χ3n) is 1.49. The predicted molar refractivity (Wildman–Crippen MR) is 52.4 cm³/mol. The van der Waals surface area contributed by atoms with Crippen molar-refractivity contribution in [2.45, 2.75) is 11.7 Å². The van der Waals surface area contributed by atoms with E-state index in [0.29, 0.717) is 0 Å². The van der Waals surface area contributed by atoms with Crippen LogP contribution in [-0.2, 0) is 19.7 Å². The van der Waals surface area contributed by atoms with E-state index in [2.05, 4.69) is 11.9 Å². The molecule has 0 spiro atoms. The van der Waals surface area contributed by atoms with Gasteiger partial charge in [-0.2, -0.15) is 8.42 Å². The van der Waals surface area contributed by atoms with E-state index in [1.807, 2.05) is 0 Å². The Balaban J connectivity index is 4.51. The maximum Gasteiger partial charge on any atom is 0.277 e. The molecule has 0 aliphatic rings. The zero-order valence-electron chi connectivity index (χ0n) is 7.84. The first-order valence-electron chi connectivity index (χ1n) is 3.92. The van der Waals surface area contributed by atoms with Gasteiger partial charge < -0.3 is 11.1 Å². The molecule has 0 aromatic rings. The maximum atomic E-state index is 11.0. The maximum absolute atomic E-state index is 11.0. The molecule has 0 aliphatic carbocycles. The standard InChI is InChI=1S/C7H12N2O5S/c1-2-3-9-6(10)4-5(7(8)11)15(12,13)14/h2,5H,1,3-4H2,(H2,8,11)(H,9,10)(H,12,13,14). The Hall–Kier alpha value is -1.41. The molecule has 0 fully saturated rings. The quantitative estimate of drug-likeness (QED) is 0.379. The van der Waals surface area contributed by atoms with Crippen molar-refractivity contribution < 1.29 is 22.6 Å². The molecule has 4 N–H and O–H groups in total. The van der Waals surface area contributed by atoms with Crippen molar-refractivity contribution in [1.29, 1.82) is 0 Å². The van der Waals surface area contributed by atoms with Gasteiger partial charge in [0.1, 0.15) is 0 Å². The van der Waals surface area contributed by atoms with Crippen LogP contribution in [0.25, 0.3) is 0 Å². The second-order valence-electron chi connectivity index (χ2n) is 2.70. The summed E-state index contributed by atoms with van der Waals surface area (Å²) in [6.45, 7) is 3.46. The number of hydrogen-bond acceptors (Lipinski definition) is 4. The summed E-state index contributed by atoms with van der Waals surface area (Å²) in [6.07, 6.45) is 0.673. The molecular weight excluding hydrogens is 224 g/mol. The van der Waals surface area contributed by atoms with Gasteiger partial charge in [0.25, 0.3) is 10.1 Å². The summed E-state index contributed by atoms with van der Waals surface area (Å²) in [5.41, 5.74) is 4.72. The fourth-order valence-corrected chi connectivity index (χ4v) is 1.43. The molecule has 0 bridgehead atoms. The number of amides is 2. The van der Waals surface area contributed by atoms with Crippen LogP contribution in [0, 0.1) is 0 Å². The first-order valence-corrected chi connectivity index (χ1v) is 5.42. The summed E-state index contributed by atoms with van der Waals surface area (Å²) < 4.78 is 29.9. The van der Waals surface area contributed by atoms with Gasteiger partial charge in [0.15, 0.2) is 5.25 Å². The monoisotopic (exact) mass is 236 g/mol. The number of carbonyl (C=O) groups is 2. The average molecular weight is 236 g/mol. The molecule has 0 heterocycles. The van der Waals surface area contributed by atoms with Crippen LogP contribution in [0.5, 0.6) is 0 Å². The van der Waals surface area contributed by atoms with Crippen molar-refractivity contribution in [3.8, 4) is 0 Å². The van der Waals surface area contributed by atoms with E-state index in [1.54, 1.807) is 0 Å². The van der Waals surface area contributed by atoms with Crippen molar-refractivity contribution in [1.82, 2.24) is 5.32 Å². The molecule has 0 rings (SSSR count). The first kappa shape index (κ1) is 13.6. The molecular formula is C7H12N2O5S. The number of hydrogen-bond donors (Lipinski definition) is 3. The lowest BCUT2D eigenvalue weighted by molar-refractivity contribution is -0.124. The largest absolute Gasteiger partial charge is 0.368 e. The molecule has 0 radical (unpaired) electrons. The van der Waals surface area contributed by atoms with Crippen molar-refractivity contribution in [2.75, 3.05) is 6.54 Å². The van der Waals surface area contributed by atoms with Gasteiger partial charge in [-0.1, -0.05) is 6.08 Å². The van der Waals surface area contributed by atoms with Crippen LogP contribution < -0.4 is 11.1 Å². The van der Waals surface area contributed by atoms with E-state index < -0.39 is 33.6 Å². The fraction of sp³-hybridized carbons (Fsp3) is 0.429. The molecule has 86 valence electrons. The lowest BCUT2D eigenvalue weighted by atomic mass is 10.3. The number of primary amides is 1. The molecule has 0 aliphatic heterocycles. The summed E-state index contributed by atoms with van der Waals surface area (Å²) in [5, 5.41) is 0.335. The Morgan fingerprint density at radius 3 is 2.40 bits per heavy atom. The van der Waals surface area contributed by atoms with Crippen LogP contribution in [0.2, 0.25) is 0 Å². The minimum atomic E-state index is -4.65. The highest BCUT2D eigenvalue weighted by Gasteiger charge is 2.31. The van der Waals surface area contributed by atoms with Crippen molar-refractivity contribution in [3.05, 3.63) is 12.7 Å². The summed E-state index contributed by atoms with van der Waals surface area (Å²) in [5.74, 6) is -1.98. The highest BCUT2D eigenvalue weighted by molar-refractivity contribution is 7.87. The van der Waals surface area contributed by atoms with Crippen LogP contribution in [0.15, 0.2) is 12.7 Å². The molecule has 1 atom stereocenters. The van der Waals surface area contributed by atoms with E-state index in [9.17, 15) is 18.0 Å². The van der Waals surface area contributed by atoms with Gasteiger partial charge in [-0.3, -0.25) is 14.1 Å². The fourth-order valence-electron chi connectivity index (χ4n) is 0.779. The molecule has 0 saturated heterocycles. The van der Waals surface area contributed by atoms with Crippen LogP contribution in [0.1, 0.15) is 6.42 Å². The Kier molecular flexibility index (Phi) is 4.95. The molecule has 1 unspecified atom stereocenters. The van der Waals surface area contributed by atoms with E-state index in [-0.39, 0.29) is 6.54 Å². The molecule has 8 heteroatoms. The lowest BCUT2D eigenvalue weighted by Crippen LogP contribution is -2.40. The number of nitrogens with one attached hydrogen (secondary N) is 1. The lowest BCUT2D eigenvalue weighted by Gasteiger charge is -2.09. The second kappa shape index (κ2) is 5.47. The highest BCUT2D eigenvalue weighted by atomic mass is 32.2. The minimum absolute atomic E-state index is 0.135. The van der Waals surface area contributed by atoms with Crippen molar-refractivity contribution in [2.24, 2.45) is 5.73 Å². The number of nitrogens with two attached hydrogens (primary N) is 1. The van der Waals surface area contributed by atoms with E-state index in [4.69, 9.17) is 10.3 Å². The molecule has 0 aromatic heterocycles. The van der Waals surface area contributed by atoms with Crippen LogP contribution >= 0.6 is 0 Å². The van der Waals surface area contributed by atoms with Crippen molar-refractivity contribution in [3.63, 3.8) is 0 Å². The van der Waals surface area contributed by atoms with Gasteiger partial charge in [0, 0.05) is 6.54 Å². The van der Waals surface area contributed by atoms with E-state index in [1.165, 1.54) is 6.08 Å². The SMILES string of the molecule is C=CCNC(=O)CC(C(N)=O)S(=O)(=O)O. The van der Waals surface area contributed by atoms with Crippen LogP contribution in [0.4, 0.5) is 0 Å². The third-order valence-corrected chi connectivity index (χ3v) is 2.61. The second-order valence-corrected chi connectivity index (χ2v) is 4.30. The summed E-state index contributed by atoms with van der Waals surface area (Å²) >= 11 is 0. The third kappa shape index (κ3) is 5.13.